The van der Waals surface area contributed by atoms with Crippen molar-refractivity contribution in [1.82, 2.24) is 14.7 Å². The van der Waals surface area contributed by atoms with Gasteiger partial charge in [0.2, 0.25) is 5.91 Å². The lowest BCUT2D eigenvalue weighted by atomic mass is 10.1. The fourth-order valence-corrected chi connectivity index (χ4v) is 6.30. The Morgan fingerprint density at radius 2 is 1.77 bits per heavy atom. The topological polar surface area (TPSA) is 127 Å². The van der Waals surface area contributed by atoms with Crippen molar-refractivity contribution < 1.29 is 23.1 Å². The van der Waals surface area contributed by atoms with E-state index in [0.29, 0.717) is 6.42 Å². The molecule has 1 saturated carbocycles. The van der Waals surface area contributed by atoms with Crippen molar-refractivity contribution in [2.75, 3.05) is 11.5 Å². The van der Waals surface area contributed by atoms with Crippen LogP contribution in [0.15, 0.2) is 29.1 Å². The van der Waals surface area contributed by atoms with Gasteiger partial charge in [0, 0.05) is 17.5 Å². The highest BCUT2D eigenvalue weighted by molar-refractivity contribution is 7.91. The number of carboxylic acid groups (broad SMARTS) is 1. The third-order valence-corrected chi connectivity index (χ3v) is 7.71. The molecule has 0 spiro atoms. The van der Waals surface area contributed by atoms with Crippen LogP contribution in [0.5, 0.6) is 0 Å². The van der Waals surface area contributed by atoms with Crippen LogP contribution in [0.3, 0.4) is 0 Å². The minimum atomic E-state index is -3.19. The molecule has 1 amide bonds. The number of carboxylic acids is 1. The van der Waals surface area contributed by atoms with E-state index in [0.717, 1.165) is 30.4 Å². The summed E-state index contributed by atoms with van der Waals surface area (Å²) in [6.45, 7) is -0.420. The summed E-state index contributed by atoms with van der Waals surface area (Å²) in [5, 5.41) is 13.8. The Bertz CT molecular complexity index is 1170. The second kappa shape index (κ2) is 7.82. The van der Waals surface area contributed by atoms with Gasteiger partial charge in [-0.15, -0.1) is 0 Å². The van der Waals surface area contributed by atoms with Crippen LogP contribution < -0.4 is 5.56 Å². The van der Waals surface area contributed by atoms with Crippen molar-refractivity contribution in [1.29, 1.82) is 0 Å². The number of fused-ring (bicyclic) bond motifs is 1. The Hall–Kier alpha value is -2.75. The van der Waals surface area contributed by atoms with Gasteiger partial charge in [-0.05, 0) is 25.3 Å². The van der Waals surface area contributed by atoms with E-state index in [9.17, 15) is 27.9 Å². The first-order valence-electron chi connectivity index (χ1n) is 10.0. The molecule has 2 fully saturated rings. The lowest BCUT2D eigenvalue weighted by molar-refractivity contribution is -0.136. The third kappa shape index (κ3) is 3.83. The van der Waals surface area contributed by atoms with Crippen molar-refractivity contribution in [3.05, 3.63) is 40.3 Å². The lowest BCUT2D eigenvalue weighted by Gasteiger charge is -2.34. The first-order chi connectivity index (χ1) is 14.3. The molecule has 1 N–H and O–H groups in total. The van der Waals surface area contributed by atoms with Crippen molar-refractivity contribution in [3.63, 3.8) is 0 Å². The highest BCUT2D eigenvalue weighted by atomic mass is 32.2. The molecule has 4 rings (SSSR count). The van der Waals surface area contributed by atoms with E-state index in [1.807, 2.05) is 0 Å². The van der Waals surface area contributed by atoms with Crippen LogP contribution in [0.1, 0.15) is 42.6 Å². The van der Waals surface area contributed by atoms with Crippen LogP contribution in [0.25, 0.3) is 10.8 Å². The van der Waals surface area contributed by atoms with Crippen LogP contribution in [0.4, 0.5) is 0 Å². The summed E-state index contributed by atoms with van der Waals surface area (Å²) in [6, 6.07) is 5.77. The molecular formula is C20H23N3O6S. The van der Waals surface area contributed by atoms with Gasteiger partial charge in [0.15, 0.2) is 15.5 Å². The van der Waals surface area contributed by atoms with Gasteiger partial charge in [-0.1, -0.05) is 31.0 Å². The van der Waals surface area contributed by atoms with E-state index in [-0.39, 0.29) is 34.0 Å². The van der Waals surface area contributed by atoms with Gasteiger partial charge in [0.25, 0.3) is 5.56 Å². The highest BCUT2D eigenvalue weighted by Gasteiger charge is 2.39. The number of carbonyl (C=O) groups excluding carboxylic acids is 1. The number of hydrogen-bond donors (Lipinski definition) is 1. The highest BCUT2D eigenvalue weighted by Crippen LogP contribution is 2.29. The second-order valence-corrected chi connectivity index (χ2v) is 10.2. The van der Waals surface area contributed by atoms with E-state index in [2.05, 4.69) is 5.10 Å². The Morgan fingerprint density at radius 3 is 2.37 bits per heavy atom. The van der Waals surface area contributed by atoms with E-state index in [1.165, 1.54) is 12.1 Å². The molecule has 0 bridgehead atoms. The average molecular weight is 433 g/mol. The molecule has 1 aromatic carbocycles. The van der Waals surface area contributed by atoms with Gasteiger partial charge in [0.05, 0.1) is 16.9 Å². The fourth-order valence-electron chi connectivity index (χ4n) is 4.59. The predicted octanol–water partition coefficient (Wildman–Crippen LogP) is 1.05. The fraction of sp³-hybridized carbons (Fsp3) is 0.500. The third-order valence-electron chi connectivity index (χ3n) is 5.96. The summed E-state index contributed by atoms with van der Waals surface area (Å²) in [4.78, 5) is 39.4. The maximum atomic E-state index is 13.3. The van der Waals surface area contributed by atoms with Gasteiger partial charge < -0.3 is 10.0 Å². The number of nitrogens with zero attached hydrogens (tertiary/aromatic N) is 3. The summed E-state index contributed by atoms with van der Waals surface area (Å²) in [5.41, 5.74) is -0.844. The number of amides is 1. The average Bonchev–Trinajstić information content (AvgIpc) is 3.34. The SMILES string of the molecule is O=C(O)c1nn(CC(=O)N(C2CCCC2)C2CCS(=O)(=O)C2)c(=O)c2ccccc12. The Labute approximate surface area is 173 Å². The number of carbonyl (C=O) groups is 2. The summed E-state index contributed by atoms with van der Waals surface area (Å²) in [7, 11) is -3.19. The Kier molecular flexibility index (Phi) is 5.35. The van der Waals surface area contributed by atoms with Crippen molar-refractivity contribution in [3.8, 4) is 0 Å². The summed E-state index contributed by atoms with van der Waals surface area (Å²) in [5.74, 6) is -1.71. The number of hydrogen-bond acceptors (Lipinski definition) is 6. The first-order valence-corrected chi connectivity index (χ1v) is 11.8. The maximum absolute atomic E-state index is 13.3. The van der Waals surface area contributed by atoms with Gasteiger partial charge >= 0.3 is 5.97 Å². The molecule has 2 heterocycles. The monoisotopic (exact) mass is 433 g/mol. The number of aromatic carboxylic acids is 1. The molecule has 1 aliphatic carbocycles. The maximum Gasteiger partial charge on any atom is 0.357 e. The predicted molar refractivity (Wildman–Crippen MR) is 109 cm³/mol. The number of aromatic nitrogens is 2. The quantitative estimate of drug-likeness (QED) is 0.747. The molecule has 2 aromatic rings. The van der Waals surface area contributed by atoms with Gasteiger partial charge in [-0.25, -0.2) is 17.9 Å². The van der Waals surface area contributed by atoms with E-state index in [1.54, 1.807) is 17.0 Å². The van der Waals surface area contributed by atoms with Crippen LogP contribution >= 0.6 is 0 Å². The summed E-state index contributed by atoms with van der Waals surface area (Å²) >= 11 is 0. The minimum absolute atomic E-state index is 0.0471. The molecular weight excluding hydrogens is 410 g/mol. The lowest BCUT2D eigenvalue weighted by Crippen LogP contribution is -2.49. The van der Waals surface area contributed by atoms with Crippen molar-refractivity contribution in [2.24, 2.45) is 0 Å². The van der Waals surface area contributed by atoms with Crippen LogP contribution in [-0.2, 0) is 21.2 Å². The molecule has 1 aromatic heterocycles. The van der Waals surface area contributed by atoms with E-state index < -0.39 is 39.9 Å². The molecule has 9 nitrogen and oxygen atoms in total. The van der Waals surface area contributed by atoms with E-state index >= 15 is 0 Å². The molecule has 1 aliphatic heterocycles. The largest absolute Gasteiger partial charge is 0.476 e. The first kappa shape index (κ1) is 20.5. The van der Waals surface area contributed by atoms with Gasteiger partial charge in [0.1, 0.15) is 6.54 Å². The molecule has 1 saturated heterocycles. The number of sulfone groups is 1. The molecule has 30 heavy (non-hydrogen) atoms. The van der Waals surface area contributed by atoms with E-state index in [4.69, 9.17) is 0 Å². The van der Waals surface area contributed by atoms with Crippen LogP contribution in [-0.4, -0.2) is 63.7 Å². The molecule has 2 aliphatic rings. The number of benzene rings is 1. The van der Waals surface area contributed by atoms with Crippen LogP contribution in [0, 0.1) is 0 Å². The Morgan fingerprint density at radius 1 is 1.10 bits per heavy atom. The summed E-state index contributed by atoms with van der Waals surface area (Å²) < 4.78 is 24.9. The van der Waals surface area contributed by atoms with Crippen molar-refractivity contribution in [2.45, 2.75) is 50.7 Å². The van der Waals surface area contributed by atoms with Crippen molar-refractivity contribution >= 4 is 32.5 Å². The molecule has 160 valence electrons. The normalized spacial score (nSPS) is 21.1. The molecule has 10 heteroatoms. The number of rotatable bonds is 5. The summed E-state index contributed by atoms with van der Waals surface area (Å²) in [6.07, 6.45) is 3.90. The molecule has 1 atom stereocenters. The zero-order valence-electron chi connectivity index (χ0n) is 16.4. The van der Waals surface area contributed by atoms with Gasteiger partial charge in [-0.2, -0.15) is 5.10 Å². The minimum Gasteiger partial charge on any atom is -0.476 e. The van der Waals surface area contributed by atoms with Crippen LogP contribution in [0.2, 0.25) is 0 Å². The molecule has 0 radical (unpaired) electrons. The van der Waals surface area contributed by atoms with Gasteiger partial charge in [-0.3, -0.25) is 9.59 Å². The standard InChI is InChI=1S/C20H23N3O6S/c24-17(23(13-5-1-2-6-13)14-9-10-30(28,29)12-14)11-22-19(25)16-8-4-3-7-15(16)18(21-22)20(26)27/h3-4,7-8,13-14H,1-2,5-6,9-12H2,(H,26,27). The second-order valence-electron chi connectivity index (χ2n) is 7.96. The zero-order chi connectivity index (χ0) is 21.5. The molecule has 1 unspecified atom stereocenters. The Balaban J connectivity index is 1.70. The smallest absolute Gasteiger partial charge is 0.357 e. The zero-order valence-corrected chi connectivity index (χ0v) is 17.2.